The summed E-state index contributed by atoms with van der Waals surface area (Å²) in [6, 6.07) is 9.82. The van der Waals surface area contributed by atoms with Crippen molar-refractivity contribution in [2.45, 2.75) is 6.42 Å². The molecular weight excluding hydrogens is 261 g/mol. The van der Waals surface area contributed by atoms with Crippen molar-refractivity contribution in [2.24, 2.45) is 0 Å². The molecule has 0 spiro atoms. The molecule has 0 radical (unpaired) electrons. The number of pyridine rings is 1. The van der Waals surface area contributed by atoms with E-state index in [-0.39, 0.29) is 11.4 Å². The lowest BCUT2D eigenvalue weighted by Crippen LogP contribution is -2.05. The molecule has 2 aromatic rings. The van der Waals surface area contributed by atoms with E-state index in [1.54, 1.807) is 24.3 Å². The minimum absolute atomic E-state index is 0.0620. The zero-order chi connectivity index (χ0) is 14.5. The molecule has 0 aliphatic carbocycles. The predicted molar refractivity (Wildman–Crippen MR) is 70.2 cm³/mol. The zero-order valence-corrected chi connectivity index (χ0v) is 10.3. The first kappa shape index (κ1) is 13.5. The number of halogens is 1. The van der Waals surface area contributed by atoms with Gasteiger partial charge in [-0.15, -0.1) is 0 Å². The molecule has 0 saturated carbocycles. The average Bonchev–Trinajstić information content (AvgIpc) is 2.43. The molecule has 0 atom stereocenters. The highest BCUT2D eigenvalue weighted by Gasteiger charge is 2.13. The second-order valence-corrected chi connectivity index (χ2v) is 4.01. The third kappa shape index (κ3) is 3.09. The van der Waals surface area contributed by atoms with Gasteiger partial charge in [0.2, 0.25) is 0 Å². The SMILES string of the molecule is N#CCc1ccc(Nc2ncc(F)cc2C(=O)O)cc1. The number of aromatic nitrogens is 1. The highest BCUT2D eigenvalue weighted by molar-refractivity contribution is 5.93. The number of hydrogen-bond donors (Lipinski definition) is 2. The Morgan fingerprint density at radius 3 is 2.70 bits per heavy atom. The molecule has 0 amide bonds. The Morgan fingerprint density at radius 1 is 1.40 bits per heavy atom. The number of anilines is 2. The van der Waals surface area contributed by atoms with Crippen LogP contribution in [0.3, 0.4) is 0 Å². The van der Waals surface area contributed by atoms with Crippen LogP contribution >= 0.6 is 0 Å². The maximum Gasteiger partial charge on any atom is 0.339 e. The summed E-state index contributed by atoms with van der Waals surface area (Å²) in [5.41, 5.74) is 1.21. The van der Waals surface area contributed by atoms with Crippen LogP contribution in [-0.4, -0.2) is 16.1 Å². The summed E-state index contributed by atoms with van der Waals surface area (Å²) in [7, 11) is 0. The van der Waals surface area contributed by atoms with Crippen LogP contribution in [0.1, 0.15) is 15.9 Å². The largest absolute Gasteiger partial charge is 0.478 e. The van der Waals surface area contributed by atoms with Crippen LogP contribution in [0, 0.1) is 17.1 Å². The van der Waals surface area contributed by atoms with Gasteiger partial charge in [-0.05, 0) is 23.8 Å². The average molecular weight is 271 g/mol. The Morgan fingerprint density at radius 2 is 2.10 bits per heavy atom. The maximum atomic E-state index is 13.0. The van der Waals surface area contributed by atoms with E-state index in [9.17, 15) is 9.18 Å². The standard InChI is InChI=1S/C14H10FN3O2/c15-10-7-12(14(19)20)13(17-8-10)18-11-3-1-9(2-4-11)5-6-16/h1-4,7-8H,5H2,(H,17,18)(H,19,20). The fourth-order valence-electron chi connectivity index (χ4n) is 1.64. The van der Waals surface area contributed by atoms with Crippen molar-refractivity contribution in [1.82, 2.24) is 4.98 Å². The van der Waals surface area contributed by atoms with Gasteiger partial charge < -0.3 is 10.4 Å². The molecule has 2 N–H and O–H groups in total. The lowest BCUT2D eigenvalue weighted by molar-refractivity contribution is 0.0697. The van der Waals surface area contributed by atoms with Crippen LogP contribution in [0.4, 0.5) is 15.9 Å². The van der Waals surface area contributed by atoms with Gasteiger partial charge in [-0.3, -0.25) is 0 Å². The maximum absolute atomic E-state index is 13.0. The Balaban J connectivity index is 2.26. The first-order chi connectivity index (χ1) is 9.60. The molecule has 5 nitrogen and oxygen atoms in total. The van der Waals surface area contributed by atoms with E-state index in [0.29, 0.717) is 12.1 Å². The number of nitrogens with one attached hydrogen (secondary N) is 1. The van der Waals surface area contributed by atoms with E-state index < -0.39 is 11.8 Å². The normalized spacial score (nSPS) is 9.80. The summed E-state index contributed by atoms with van der Waals surface area (Å²) >= 11 is 0. The number of benzene rings is 1. The quantitative estimate of drug-likeness (QED) is 0.892. The first-order valence-electron chi connectivity index (χ1n) is 5.72. The molecule has 2 rings (SSSR count). The molecular formula is C14H10FN3O2. The third-order valence-corrected chi connectivity index (χ3v) is 2.58. The number of nitriles is 1. The molecule has 0 unspecified atom stereocenters. The molecule has 0 bridgehead atoms. The summed E-state index contributed by atoms with van der Waals surface area (Å²) in [5.74, 6) is -1.91. The van der Waals surface area contributed by atoms with Crippen molar-refractivity contribution in [3.8, 4) is 6.07 Å². The second-order valence-electron chi connectivity index (χ2n) is 4.01. The Labute approximate surface area is 114 Å². The summed E-state index contributed by atoms with van der Waals surface area (Å²) in [4.78, 5) is 14.8. The lowest BCUT2D eigenvalue weighted by Gasteiger charge is -2.08. The summed E-state index contributed by atoms with van der Waals surface area (Å²) in [6.07, 6.45) is 1.24. The molecule has 0 aliphatic heterocycles. The number of carboxylic acids is 1. The van der Waals surface area contributed by atoms with Crippen LogP contribution in [0.2, 0.25) is 0 Å². The fraction of sp³-hybridized carbons (Fsp3) is 0.0714. The smallest absolute Gasteiger partial charge is 0.339 e. The highest BCUT2D eigenvalue weighted by Crippen LogP contribution is 2.20. The van der Waals surface area contributed by atoms with Gasteiger partial charge in [-0.1, -0.05) is 12.1 Å². The van der Waals surface area contributed by atoms with Gasteiger partial charge in [0.15, 0.2) is 0 Å². The van der Waals surface area contributed by atoms with E-state index in [2.05, 4.69) is 10.3 Å². The van der Waals surface area contributed by atoms with E-state index >= 15 is 0 Å². The van der Waals surface area contributed by atoms with Crippen molar-refractivity contribution in [2.75, 3.05) is 5.32 Å². The molecule has 0 saturated heterocycles. The molecule has 1 aromatic heterocycles. The van der Waals surface area contributed by atoms with Crippen LogP contribution in [0.5, 0.6) is 0 Å². The summed E-state index contributed by atoms with van der Waals surface area (Å²) in [5, 5.41) is 20.4. The van der Waals surface area contributed by atoms with Crippen LogP contribution in [0.15, 0.2) is 36.5 Å². The van der Waals surface area contributed by atoms with Gasteiger partial charge in [0, 0.05) is 5.69 Å². The second kappa shape index (κ2) is 5.80. The molecule has 0 fully saturated rings. The van der Waals surface area contributed by atoms with Gasteiger partial charge in [-0.25, -0.2) is 14.2 Å². The third-order valence-electron chi connectivity index (χ3n) is 2.58. The Hall–Kier alpha value is -2.94. The topological polar surface area (TPSA) is 86.0 Å². The van der Waals surface area contributed by atoms with Crippen LogP contribution in [-0.2, 0) is 6.42 Å². The number of hydrogen-bond acceptors (Lipinski definition) is 4. The fourth-order valence-corrected chi connectivity index (χ4v) is 1.64. The van der Waals surface area contributed by atoms with Gasteiger partial charge in [0.25, 0.3) is 0 Å². The number of aromatic carboxylic acids is 1. The highest BCUT2D eigenvalue weighted by atomic mass is 19.1. The summed E-state index contributed by atoms with van der Waals surface area (Å²) < 4.78 is 13.0. The Bertz CT molecular complexity index is 678. The minimum atomic E-state index is -1.26. The monoisotopic (exact) mass is 271 g/mol. The van der Waals surface area contributed by atoms with Crippen molar-refractivity contribution in [3.63, 3.8) is 0 Å². The van der Waals surface area contributed by atoms with E-state index in [1.165, 1.54) is 0 Å². The van der Waals surface area contributed by atoms with E-state index in [4.69, 9.17) is 10.4 Å². The zero-order valence-electron chi connectivity index (χ0n) is 10.3. The summed E-state index contributed by atoms with van der Waals surface area (Å²) in [6.45, 7) is 0. The van der Waals surface area contributed by atoms with Crippen molar-refractivity contribution in [3.05, 3.63) is 53.5 Å². The van der Waals surface area contributed by atoms with E-state index in [1.807, 2.05) is 6.07 Å². The van der Waals surface area contributed by atoms with Crippen LogP contribution in [0.25, 0.3) is 0 Å². The number of carboxylic acid groups (broad SMARTS) is 1. The molecule has 0 aliphatic rings. The van der Waals surface area contributed by atoms with Gasteiger partial charge in [0.05, 0.1) is 18.7 Å². The van der Waals surface area contributed by atoms with E-state index in [0.717, 1.165) is 17.8 Å². The minimum Gasteiger partial charge on any atom is -0.478 e. The van der Waals surface area contributed by atoms with Crippen molar-refractivity contribution < 1.29 is 14.3 Å². The molecule has 1 aromatic carbocycles. The Kier molecular flexibility index (Phi) is 3.91. The lowest BCUT2D eigenvalue weighted by atomic mass is 10.1. The number of rotatable bonds is 4. The molecule has 20 heavy (non-hydrogen) atoms. The van der Waals surface area contributed by atoms with Crippen LogP contribution < -0.4 is 5.32 Å². The molecule has 6 heteroatoms. The van der Waals surface area contributed by atoms with Crippen molar-refractivity contribution >= 4 is 17.5 Å². The van der Waals surface area contributed by atoms with Gasteiger partial charge >= 0.3 is 5.97 Å². The predicted octanol–water partition coefficient (Wildman–Crippen LogP) is 2.73. The molecule has 1 heterocycles. The van der Waals surface area contributed by atoms with Crippen molar-refractivity contribution in [1.29, 1.82) is 5.26 Å². The number of nitrogens with zero attached hydrogens (tertiary/aromatic N) is 2. The van der Waals surface area contributed by atoms with Gasteiger partial charge in [0.1, 0.15) is 17.2 Å². The number of carbonyl (C=O) groups is 1. The first-order valence-corrected chi connectivity index (χ1v) is 5.72. The molecule has 100 valence electrons. The van der Waals surface area contributed by atoms with Gasteiger partial charge in [-0.2, -0.15) is 5.26 Å².